The highest BCUT2D eigenvalue weighted by Gasteiger charge is 2.40. The number of nitrogens with two attached hydrogens (primary N) is 1. The Morgan fingerprint density at radius 3 is 2.35 bits per heavy atom. The Hall–Kier alpha value is -1.47. The third-order valence-corrected chi connectivity index (χ3v) is 2.33. The van der Waals surface area contributed by atoms with Gasteiger partial charge in [-0.25, -0.2) is 4.79 Å². The van der Waals surface area contributed by atoms with Gasteiger partial charge < -0.3 is 15.9 Å². The number of aliphatic hydroxyl groups excluding tert-OH is 1. The quantitative estimate of drug-likeness (QED) is 0.718. The van der Waals surface area contributed by atoms with Gasteiger partial charge in [-0.2, -0.15) is 13.2 Å². The predicted molar refractivity (Wildman–Crippen MR) is 53.5 cm³/mol. The zero-order valence-corrected chi connectivity index (χ0v) is 8.88. The Bertz CT molecular complexity index is 462. The van der Waals surface area contributed by atoms with Gasteiger partial charge in [0, 0.05) is 11.3 Å². The average molecular weight is 270 g/mol. The van der Waals surface area contributed by atoms with Crippen LogP contribution < -0.4 is 5.73 Å². The lowest BCUT2D eigenvalue weighted by atomic mass is 9.99. The van der Waals surface area contributed by atoms with Gasteiger partial charge in [-0.05, 0) is 12.1 Å². The third kappa shape index (κ3) is 2.62. The van der Waals surface area contributed by atoms with E-state index in [4.69, 9.17) is 22.4 Å². The summed E-state index contributed by atoms with van der Waals surface area (Å²) >= 11 is 5.36. The van der Waals surface area contributed by atoms with Gasteiger partial charge in [0.25, 0.3) is 0 Å². The van der Waals surface area contributed by atoms with Crippen molar-refractivity contribution in [3.8, 4) is 0 Å². The fourth-order valence-electron chi connectivity index (χ4n) is 1.32. The van der Waals surface area contributed by atoms with Crippen LogP contribution in [0, 0.1) is 0 Å². The normalized spacial score (nSPS) is 13.5. The third-order valence-electron chi connectivity index (χ3n) is 2.02. The molecule has 1 aromatic carbocycles. The smallest absolute Gasteiger partial charge is 0.418 e. The number of benzene rings is 1. The van der Waals surface area contributed by atoms with E-state index in [2.05, 4.69) is 0 Å². The molecule has 0 aromatic heterocycles. The second-order valence-corrected chi connectivity index (χ2v) is 3.57. The van der Waals surface area contributed by atoms with Gasteiger partial charge in [-0.1, -0.05) is 11.6 Å². The molecular formula is C9H7ClF3NO3. The molecular weight excluding hydrogens is 263 g/mol. The Labute approximate surface area is 98.4 Å². The van der Waals surface area contributed by atoms with Crippen molar-refractivity contribution in [1.82, 2.24) is 0 Å². The highest BCUT2D eigenvalue weighted by atomic mass is 35.5. The van der Waals surface area contributed by atoms with Gasteiger partial charge in [0.2, 0.25) is 0 Å². The summed E-state index contributed by atoms with van der Waals surface area (Å²) in [7, 11) is 0. The predicted octanol–water partition coefficient (Wildman–Crippen LogP) is 2.06. The van der Waals surface area contributed by atoms with Gasteiger partial charge in [-0.15, -0.1) is 0 Å². The summed E-state index contributed by atoms with van der Waals surface area (Å²) in [6.07, 6.45) is -7.29. The van der Waals surface area contributed by atoms with E-state index in [1.54, 1.807) is 0 Å². The highest BCUT2D eigenvalue weighted by molar-refractivity contribution is 6.31. The molecule has 0 fully saturated rings. The van der Waals surface area contributed by atoms with E-state index in [-0.39, 0.29) is 0 Å². The van der Waals surface area contributed by atoms with E-state index in [1.807, 2.05) is 0 Å². The first kappa shape index (κ1) is 13.6. The van der Waals surface area contributed by atoms with Gasteiger partial charge in [0.15, 0.2) is 6.10 Å². The number of carbonyl (C=O) groups is 1. The van der Waals surface area contributed by atoms with Crippen molar-refractivity contribution in [1.29, 1.82) is 0 Å². The van der Waals surface area contributed by atoms with E-state index in [0.29, 0.717) is 0 Å². The van der Waals surface area contributed by atoms with Crippen LogP contribution in [0.4, 0.5) is 18.9 Å². The van der Waals surface area contributed by atoms with E-state index in [9.17, 15) is 23.1 Å². The van der Waals surface area contributed by atoms with Crippen LogP contribution in [0.1, 0.15) is 17.2 Å². The van der Waals surface area contributed by atoms with Crippen LogP contribution in [0.5, 0.6) is 0 Å². The first-order valence-electron chi connectivity index (χ1n) is 4.22. The highest BCUT2D eigenvalue weighted by Crippen LogP contribution is 2.41. The zero-order chi connectivity index (χ0) is 13.4. The van der Waals surface area contributed by atoms with Gasteiger partial charge in [-0.3, -0.25) is 0 Å². The molecule has 0 radical (unpaired) electrons. The van der Waals surface area contributed by atoms with E-state index in [1.165, 1.54) is 0 Å². The van der Waals surface area contributed by atoms with Crippen LogP contribution in [-0.2, 0) is 11.0 Å². The van der Waals surface area contributed by atoms with Crippen LogP contribution in [-0.4, -0.2) is 16.2 Å². The molecule has 17 heavy (non-hydrogen) atoms. The number of aliphatic hydroxyl groups is 1. The maximum absolute atomic E-state index is 12.7. The summed E-state index contributed by atoms with van der Waals surface area (Å²) in [6.45, 7) is 0. The minimum absolute atomic E-state index is 0.489. The molecule has 1 atom stereocenters. The fourth-order valence-corrected chi connectivity index (χ4v) is 1.59. The van der Waals surface area contributed by atoms with Gasteiger partial charge in [0.1, 0.15) is 0 Å². The Morgan fingerprint density at radius 1 is 1.41 bits per heavy atom. The van der Waals surface area contributed by atoms with E-state index in [0.717, 1.165) is 12.1 Å². The largest absolute Gasteiger partial charge is 0.479 e. The number of halogens is 4. The lowest BCUT2D eigenvalue weighted by molar-refractivity contribution is -0.149. The summed E-state index contributed by atoms with van der Waals surface area (Å²) < 4.78 is 38.0. The number of aliphatic carboxylic acids is 1. The van der Waals surface area contributed by atoms with Crippen LogP contribution in [0.2, 0.25) is 5.02 Å². The second-order valence-electron chi connectivity index (χ2n) is 3.16. The lowest BCUT2D eigenvalue weighted by Gasteiger charge is -2.18. The molecule has 0 bridgehead atoms. The van der Waals surface area contributed by atoms with Crippen molar-refractivity contribution in [3.63, 3.8) is 0 Å². The fraction of sp³-hybridized carbons (Fsp3) is 0.222. The maximum atomic E-state index is 12.7. The Balaban J connectivity index is 3.57. The molecule has 0 heterocycles. The lowest BCUT2D eigenvalue weighted by Crippen LogP contribution is -2.19. The summed E-state index contributed by atoms with van der Waals surface area (Å²) in [5.41, 5.74) is 2.37. The van der Waals surface area contributed by atoms with E-state index < -0.39 is 40.1 Å². The first-order valence-corrected chi connectivity index (χ1v) is 4.60. The molecule has 0 amide bonds. The molecule has 4 nitrogen and oxygen atoms in total. The molecule has 4 N–H and O–H groups in total. The molecule has 1 unspecified atom stereocenters. The van der Waals surface area contributed by atoms with Crippen molar-refractivity contribution in [2.24, 2.45) is 0 Å². The van der Waals surface area contributed by atoms with Crippen LogP contribution >= 0.6 is 11.6 Å². The second kappa shape index (κ2) is 4.42. The van der Waals surface area contributed by atoms with Crippen LogP contribution in [0.15, 0.2) is 12.1 Å². The summed E-state index contributed by atoms with van der Waals surface area (Å²) in [5.74, 6) is -1.84. The zero-order valence-electron chi connectivity index (χ0n) is 8.12. The molecule has 0 aliphatic carbocycles. The molecule has 0 aliphatic rings. The number of carboxylic acid groups (broad SMARTS) is 1. The molecule has 1 rings (SSSR count). The minimum Gasteiger partial charge on any atom is -0.479 e. The molecule has 1 aromatic rings. The standard InChI is InChI=1S/C9H7ClF3NO3/c10-3-1-2-4(14)5(7(15)8(16)17)6(3)9(11,12)13/h1-2,7,15H,14H2,(H,16,17). The SMILES string of the molecule is Nc1ccc(Cl)c(C(F)(F)F)c1C(O)C(=O)O. The number of alkyl halides is 3. The molecule has 8 heteroatoms. The molecule has 0 aliphatic heterocycles. The number of nitrogen functional groups attached to an aromatic ring is 1. The number of anilines is 1. The summed E-state index contributed by atoms with van der Waals surface area (Å²) in [5, 5.41) is 17.0. The first-order chi connectivity index (χ1) is 7.66. The number of hydrogen-bond acceptors (Lipinski definition) is 3. The number of hydrogen-bond donors (Lipinski definition) is 3. The Morgan fingerprint density at radius 2 is 1.94 bits per heavy atom. The molecule has 0 saturated carbocycles. The van der Waals surface area contributed by atoms with Crippen LogP contribution in [0.25, 0.3) is 0 Å². The van der Waals surface area contributed by atoms with E-state index >= 15 is 0 Å². The Kier molecular flexibility index (Phi) is 3.53. The van der Waals surface area contributed by atoms with Gasteiger partial charge >= 0.3 is 12.1 Å². The van der Waals surface area contributed by atoms with Crippen molar-refractivity contribution >= 4 is 23.3 Å². The molecule has 94 valence electrons. The monoisotopic (exact) mass is 269 g/mol. The van der Waals surface area contributed by atoms with Crippen LogP contribution in [0.3, 0.4) is 0 Å². The number of rotatable bonds is 2. The maximum Gasteiger partial charge on any atom is 0.418 e. The van der Waals surface area contributed by atoms with Crippen molar-refractivity contribution in [2.75, 3.05) is 5.73 Å². The summed E-state index contributed by atoms with van der Waals surface area (Å²) in [4.78, 5) is 10.5. The topological polar surface area (TPSA) is 83.5 Å². The van der Waals surface area contributed by atoms with Crippen molar-refractivity contribution in [2.45, 2.75) is 12.3 Å². The van der Waals surface area contributed by atoms with Crippen molar-refractivity contribution in [3.05, 3.63) is 28.3 Å². The molecule has 0 spiro atoms. The molecule has 0 saturated heterocycles. The van der Waals surface area contributed by atoms with Gasteiger partial charge in [0.05, 0.1) is 10.6 Å². The minimum atomic E-state index is -4.90. The van der Waals surface area contributed by atoms with Crippen molar-refractivity contribution < 1.29 is 28.2 Å². The number of carboxylic acids is 1. The average Bonchev–Trinajstić information content (AvgIpc) is 2.18. The summed E-state index contributed by atoms with van der Waals surface area (Å²) in [6, 6.07) is 1.89.